The normalized spacial score (nSPS) is 15.2. The van der Waals surface area contributed by atoms with Crippen LogP contribution in [0.4, 0.5) is 0 Å². The molecule has 3 heterocycles. The van der Waals surface area contributed by atoms with Crippen LogP contribution >= 0.6 is 0 Å². The van der Waals surface area contributed by atoms with E-state index in [-0.39, 0.29) is 5.91 Å². The fourth-order valence-electron chi connectivity index (χ4n) is 4.55. The first-order valence-electron chi connectivity index (χ1n) is 11.0. The summed E-state index contributed by atoms with van der Waals surface area (Å²) < 4.78 is 0. The number of carbonyl (C=O) groups is 1. The van der Waals surface area contributed by atoms with Crippen LogP contribution in [0, 0.1) is 6.92 Å². The Balaban J connectivity index is 1.45. The maximum atomic E-state index is 12.8. The second-order valence-electron chi connectivity index (χ2n) is 8.98. The largest absolute Gasteiger partial charge is 0.334 e. The van der Waals surface area contributed by atoms with Gasteiger partial charge >= 0.3 is 0 Å². The molecule has 0 unspecified atom stereocenters. The molecule has 31 heavy (non-hydrogen) atoms. The Labute approximate surface area is 183 Å². The lowest BCUT2D eigenvalue weighted by atomic mass is 9.90. The summed E-state index contributed by atoms with van der Waals surface area (Å²) in [7, 11) is 0. The molecule has 3 aromatic rings. The van der Waals surface area contributed by atoms with Gasteiger partial charge in [0.25, 0.3) is 0 Å². The van der Waals surface area contributed by atoms with Gasteiger partial charge in [-0.3, -0.25) is 14.8 Å². The van der Waals surface area contributed by atoms with Gasteiger partial charge in [-0.25, -0.2) is 0 Å². The maximum absolute atomic E-state index is 12.8. The number of aryl methyl sites for hydroxylation is 1. The molecule has 0 bridgehead atoms. The number of carbonyl (C=O) groups excluding carboxylic acids is 1. The third-order valence-electron chi connectivity index (χ3n) is 6.25. The minimum Gasteiger partial charge on any atom is -0.334 e. The monoisotopic (exact) mass is 409 g/mol. The van der Waals surface area contributed by atoms with Crippen LogP contribution in [0.1, 0.15) is 64.4 Å². The first-order chi connectivity index (χ1) is 15.0. The first-order valence-corrected chi connectivity index (χ1v) is 11.0. The van der Waals surface area contributed by atoms with E-state index in [4.69, 9.17) is 4.99 Å². The van der Waals surface area contributed by atoms with Crippen molar-refractivity contribution in [2.45, 2.75) is 52.7 Å². The Hall–Kier alpha value is -3.27. The molecule has 0 saturated heterocycles. The van der Waals surface area contributed by atoms with Crippen LogP contribution in [0.5, 0.6) is 0 Å². The standard InChI is InChI=1S/C27H27N3O/c1-17(2)25-12-20(7-8-28-25)27-24-11-23-16-30(15-19-6-4-5-18(3)9-19)26(31)13-21(23)10-22(24)14-29-27/h4-12,17H,13-16H2,1-3H3. The van der Waals surface area contributed by atoms with Gasteiger partial charge in [-0.1, -0.05) is 49.7 Å². The van der Waals surface area contributed by atoms with Gasteiger partial charge < -0.3 is 4.90 Å². The predicted octanol–water partition coefficient (Wildman–Crippen LogP) is 4.95. The van der Waals surface area contributed by atoms with Crippen molar-refractivity contribution in [3.8, 4) is 0 Å². The number of aromatic nitrogens is 1. The average Bonchev–Trinajstić information content (AvgIpc) is 3.15. The molecule has 2 aliphatic heterocycles. The fraction of sp³-hybridized carbons (Fsp3) is 0.296. The Morgan fingerprint density at radius 1 is 1.03 bits per heavy atom. The van der Waals surface area contributed by atoms with Gasteiger partial charge in [-0.05, 0) is 53.3 Å². The highest BCUT2D eigenvalue weighted by Gasteiger charge is 2.27. The van der Waals surface area contributed by atoms with Gasteiger partial charge in [-0.15, -0.1) is 0 Å². The molecule has 0 saturated carbocycles. The predicted molar refractivity (Wildman–Crippen MR) is 123 cm³/mol. The van der Waals surface area contributed by atoms with E-state index in [1.165, 1.54) is 27.8 Å². The van der Waals surface area contributed by atoms with Crippen LogP contribution in [0.25, 0.3) is 0 Å². The second kappa shape index (κ2) is 7.77. The Morgan fingerprint density at radius 2 is 1.90 bits per heavy atom. The molecule has 0 spiro atoms. The number of amides is 1. The van der Waals surface area contributed by atoms with Crippen molar-refractivity contribution in [3.05, 3.63) is 99.4 Å². The Morgan fingerprint density at radius 3 is 2.71 bits per heavy atom. The van der Waals surface area contributed by atoms with Crippen LogP contribution in [0.3, 0.4) is 0 Å². The number of aliphatic imine (C=N–C) groups is 1. The van der Waals surface area contributed by atoms with E-state index in [1.807, 2.05) is 17.2 Å². The molecule has 156 valence electrons. The summed E-state index contributed by atoms with van der Waals surface area (Å²) in [5.74, 6) is 0.579. The smallest absolute Gasteiger partial charge is 0.227 e. The number of fused-ring (bicyclic) bond motifs is 2. The molecule has 0 N–H and O–H groups in total. The zero-order valence-electron chi connectivity index (χ0n) is 18.4. The summed E-state index contributed by atoms with van der Waals surface area (Å²) in [6.45, 7) is 8.39. The zero-order chi connectivity index (χ0) is 21.5. The van der Waals surface area contributed by atoms with Gasteiger partial charge in [0.15, 0.2) is 0 Å². The maximum Gasteiger partial charge on any atom is 0.227 e. The topological polar surface area (TPSA) is 45.6 Å². The average molecular weight is 410 g/mol. The summed E-state index contributed by atoms with van der Waals surface area (Å²) in [6.07, 6.45) is 2.35. The number of rotatable bonds is 4. The highest BCUT2D eigenvalue weighted by molar-refractivity contribution is 6.15. The molecule has 0 aliphatic carbocycles. The number of hydrogen-bond acceptors (Lipinski definition) is 3. The molecular formula is C27H27N3O. The molecule has 2 aromatic carbocycles. The van der Waals surface area contributed by atoms with Gasteiger partial charge in [-0.2, -0.15) is 0 Å². The van der Waals surface area contributed by atoms with E-state index < -0.39 is 0 Å². The second-order valence-corrected chi connectivity index (χ2v) is 8.98. The summed E-state index contributed by atoms with van der Waals surface area (Å²) in [5.41, 5.74) is 10.5. The molecular weight excluding hydrogens is 382 g/mol. The lowest BCUT2D eigenvalue weighted by Gasteiger charge is -2.29. The molecule has 0 atom stereocenters. The summed E-state index contributed by atoms with van der Waals surface area (Å²) in [4.78, 5) is 24.1. The highest BCUT2D eigenvalue weighted by Crippen LogP contribution is 2.31. The van der Waals surface area contributed by atoms with E-state index in [0.717, 1.165) is 22.5 Å². The third-order valence-corrected chi connectivity index (χ3v) is 6.25. The first kappa shape index (κ1) is 19.7. The lowest BCUT2D eigenvalue weighted by molar-refractivity contribution is -0.132. The van der Waals surface area contributed by atoms with Crippen molar-refractivity contribution < 1.29 is 4.79 Å². The molecule has 2 aliphatic rings. The van der Waals surface area contributed by atoms with Gasteiger partial charge in [0.1, 0.15) is 0 Å². The Bertz CT molecular complexity index is 1210. The van der Waals surface area contributed by atoms with Crippen LogP contribution in [0.15, 0.2) is 59.7 Å². The van der Waals surface area contributed by atoms with Crippen molar-refractivity contribution >= 4 is 11.6 Å². The van der Waals surface area contributed by atoms with E-state index in [1.54, 1.807) is 0 Å². The molecule has 4 nitrogen and oxygen atoms in total. The number of nitrogens with zero attached hydrogens (tertiary/aromatic N) is 3. The molecule has 1 aromatic heterocycles. The van der Waals surface area contributed by atoms with Crippen LogP contribution < -0.4 is 0 Å². The van der Waals surface area contributed by atoms with Gasteiger partial charge in [0, 0.05) is 36.1 Å². The van der Waals surface area contributed by atoms with Crippen molar-refractivity contribution in [1.29, 1.82) is 0 Å². The van der Waals surface area contributed by atoms with E-state index in [2.05, 4.69) is 68.2 Å². The molecule has 4 heteroatoms. The van der Waals surface area contributed by atoms with Crippen LogP contribution in [-0.4, -0.2) is 21.5 Å². The van der Waals surface area contributed by atoms with Gasteiger partial charge in [0.05, 0.1) is 18.7 Å². The third kappa shape index (κ3) is 3.78. The van der Waals surface area contributed by atoms with E-state index in [0.29, 0.717) is 32.0 Å². The van der Waals surface area contributed by atoms with Crippen molar-refractivity contribution in [2.24, 2.45) is 4.99 Å². The Kier molecular flexibility index (Phi) is 4.93. The van der Waals surface area contributed by atoms with Crippen molar-refractivity contribution in [2.75, 3.05) is 0 Å². The number of hydrogen-bond donors (Lipinski definition) is 0. The molecule has 5 rings (SSSR count). The van der Waals surface area contributed by atoms with Crippen molar-refractivity contribution in [3.63, 3.8) is 0 Å². The van der Waals surface area contributed by atoms with E-state index in [9.17, 15) is 4.79 Å². The van der Waals surface area contributed by atoms with Crippen LogP contribution in [0.2, 0.25) is 0 Å². The molecule has 0 fully saturated rings. The SMILES string of the molecule is Cc1cccc(CN2Cc3cc4c(cc3CC2=O)CN=C4c2ccnc(C(C)C)c2)c1. The van der Waals surface area contributed by atoms with Crippen LogP contribution in [-0.2, 0) is 30.8 Å². The quantitative estimate of drug-likeness (QED) is 0.612. The highest BCUT2D eigenvalue weighted by atomic mass is 16.2. The lowest BCUT2D eigenvalue weighted by Crippen LogP contribution is -2.35. The van der Waals surface area contributed by atoms with E-state index >= 15 is 0 Å². The number of benzene rings is 2. The number of pyridine rings is 1. The summed E-state index contributed by atoms with van der Waals surface area (Å²) >= 11 is 0. The summed E-state index contributed by atoms with van der Waals surface area (Å²) in [6, 6.07) is 17.1. The molecule has 1 amide bonds. The minimum atomic E-state index is 0.198. The molecule has 0 radical (unpaired) electrons. The fourth-order valence-corrected chi connectivity index (χ4v) is 4.55. The van der Waals surface area contributed by atoms with Gasteiger partial charge in [0.2, 0.25) is 5.91 Å². The van der Waals surface area contributed by atoms with Crippen molar-refractivity contribution in [1.82, 2.24) is 9.88 Å². The zero-order valence-corrected chi connectivity index (χ0v) is 18.4. The summed E-state index contributed by atoms with van der Waals surface area (Å²) in [5, 5.41) is 0. The minimum absolute atomic E-state index is 0.198.